The molecule has 36 heavy (non-hydrogen) atoms. The zero-order valence-electron chi connectivity index (χ0n) is 18.2. The van der Waals surface area contributed by atoms with Gasteiger partial charge in [0.15, 0.2) is 17.5 Å². The molecule has 3 aromatic carbocycles. The maximum absolute atomic E-state index is 15.0. The Morgan fingerprint density at radius 2 is 1.89 bits per heavy atom. The molecule has 14 heteroatoms. The lowest BCUT2D eigenvalue weighted by molar-refractivity contribution is 0.433. The van der Waals surface area contributed by atoms with E-state index in [0.29, 0.717) is 39.3 Å². The number of H-pyrrole nitrogens is 1. The molecule has 0 saturated carbocycles. The number of anilines is 2. The van der Waals surface area contributed by atoms with Gasteiger partial charge in [0.1, 0.15) is 22.8 Å². The maximum Gasteiger partial charge on any atom is 0.268 e. The van der Waals surface area contributed by atoms with Crippen LogP contribution in [0.25, 0.3) is 22.2 Å². The van der Waals surface area contributed by atoms with E-state index in [1.54, 1.807) is 24.3 Å². The first-order valence-electron chi connectivity index (χ1n) is 10.1. The molecule has 0 bridgehead atoms. The van der Waals surface area contributed by atoms with Gasteiger partial charge in [0.05, 0.1) is 11.0 Å². The Kier molecular flexibility index (Phi) is 5.98. The molecule has 3 N–H and O–H groups in total. The molecule has 0 atom stereocenters. The van der Waals surface area contributed by atoms with E-state index in [1.807, 2.05) is 0 Å². The number of hydrogen-bond acceptors (Lipinski definition) is 8. The molecule has 5 aromatic rings. The number of aromatic nitrogens is 4. The number of nitrogens with zero attached hydrogens (tertiary/aromatic N) is 4. The van der Waals surface area contributed by atoms with Gasteiger partial charge < -0.3 is 15.5 Å². The molecular formula is C22H15ClF2N6O3S2. The lowest BCUT2D eigenvalue weighted by Crippen LogP contribution is -2.27. The molecule has 0 aliphatic rings. The van der Waals surface area contributed by atoms with Crippen LogP contribution in [0, 0.1) is 11.6 Å². The predicted molar refractivity (Wildman–Crippen MR) is 133 cm³/mol. The lowest BCUT2D eigenvalue weighted by atomic mass is 10.0. The minimum Gasteiger partial charge on any atom is -0.454 e. The summed E-state index contributed by atoms with van der Waals surface area (Å²) in [7, 11) is -3.28. The van der Waals surface area contributed by atoms with Crippen LogP contribution in [0.1, 0.15) is 0 Å². The Hall–Kier alpha value is -3.81. The van der Waals surface area contributed by atoms with E-state index < -0.39 is 32.3 Å². The van der Waals surface area contributed by atoms with Crippen LogP contribution in [0.2, 0.25) is 5.02 Å². The lowest BCUT2D eigenvalue weighted by Gasteiger charge is -2.17. The molecule has 2 heterocycles. The minimum absolute atomic E-state index is 0.00317. The van der Waals surface area contributed by atoms with E-state index in [9.17, 15) is 12.8 Å². The molecule has 0 saturated heterocycles. The van der Waals surface area contributed by atoms with Gasteiger partial charge in [-0.3, -0.25) is 0 Å². The van der Waals surface area contributed by atoms with Crippen molar-refractivity contribution in [3.8, 4) is 22.6 Å². The number of aromatic amines is 1. The highest BCUT2D eigenvalue weighted by molar-refractivity contribution is 7.93. The van der Waals surface area contributed by atoms with E-state index in [-0.39, 0.29) is 16.8 Å². The summed E-state index contributed by atoms with van der Waals surface area (Å²) in [4.78, 5) is 10.0. The standard InChI is InChI=1S/C22H15ClF2N6O3S2/c1-31(22-27-10-28-35-22)36(32,33)20-9-14(24)19(8-15(20)25)34-18-5-3-12(23)7-13(18)11-2-4-16-17(6-11)30-21(26)29-16/h2-10H,1H3,(H3,26,29,30). The van der Waals surface area contributed by atoms with E-state index in [1.165, 1.54) is 19.2 Å². The molecule has 0 fully saturated rings. The summed E-state index contributed by atoms with van der Waals surface area (Å²) in [6.45, 7) is 0. The number of hydrogen-bond donors (Lipinski definition) is 2. The van der Waals surface area contributed by atoms with Gasteiger partial charge in [-0.2, -0.15) is 4.37 Å². The maximum atomic E-state index is 15.0. The van der Waals surface area contributed by atoms with Gasteiger partial charge in [-0.1, -0.05) is 17.7 Å². The summed E-state index contributed by atoms with van der Waals surface area (Å²) >= 11 is 6.97. The number of benzene rings is 3. The third kappa shape index (κ3) is 4.32. The molecule has 184 valence electrons. The zero-order chi connectivity index (χ0) is 25.6. The molecule has 9 nitrogen and oxygen atoms in total. The number of nitrogens with two attached hydrogens (primary N) is 1. The zero-order valence-corrected chi connectivity index (χ0v) is 20.6. The first-order valence-corrected chi connectivity index (χ1v) is 12.7. The van der Waals surface area contributed by atoms with Crippen LogP contribution < -0.4 is 14.8 Å². The molecule has 0 unspecified atom stereocenters. The van der Waals surface area contributed by atoms with Crippen LogP contribution >= 0.6 is 23.1 Å². The fourth-order valence-electron chi connectivity index (χ4n) is 3.47. The number of imidazole rings is 1. The highest BCUT2D eigenvalue weighted by Gasteiger charge is 2.29. The Labute approximate surface area is 212 Å². The predicted octanol–water partition coefficient (Wildman–Crippen LogP) is 5.21. The van der Waals surface area contributed by atoms with E-state index >= 15 is 4.39 Å². The molecule has 0 spiro atoms. The number of ether oxygens (including phenoxy) is 1. The van der Waals surface area contributed by atoms with Crippen LogP contribution in [0.5, 0.6) is 11.5 Å². The second-order valence-electron chi connectivity index (χ2n) is 7.51. The summed E-state index contributed by atoms with van der Waals surface area (Å²) in [6, 6.07) is 11.1. The van der Waals surface area contributed by atoms with Crippen LogP contribution in [0.15, 0.2) is 59.8 Å². The quantitative estimate of drug-likeness (QED) is 0.298. The molecule has 2 aromatic heterocycles. The largest absolute Gasteiger partial charge is 0.454 e. The third-order valence-electron chi connectivity index (χ3n) is 5.22. The summed E-state index contributed by atoms with van der Waals surface area (Å²) in [5.74, 6) is -2.40. The highest BCUT2D eigenvalue weighted by atomic mass is 35.5. The van der Waals surface area contributed by atoms with Crippen molar-refractivity contribution >= 4 is 55.3 Å². The molecule has 0 aliphatic carbocycles. The van der Waals surface area contributed by atoms with Gasteiger partial charge in [-0.05, 0) is 35.9 Å². The van der Waals surface area contributed by atoms with Crippen LogP contribution in [0.3, 0.4) is 0 Å². The topological polar surface area (TPSA) is 127 Å². The third-order valence-corrected chi connectivity index (χ3v) is 8.07. The van der Waals surface area contributed by atoms with Crippen molar-refractivity contribution in [3.63, 3.8) is 0 Å². The second kappa shape index (κ2) is 9.00. The summed E-state index contributed by atoms with van der Waals surface area (Å²) in [5, 5.41) is 0.378. The van der Waals surface area contributed by atoms with Crippen LogP contribution in [-0.4, -0.2) is 34.8 Å². The number of halogens is 3. The Balaban J connectivity index is 1.52. The van der Waals surface area contributed by atoms with Gasteiger partial charge in [0.2, 0.25) is 5.13 Å². The van der Waals surface area contributed by atoms with Crippen molar-refractivity contribution in [2.24, 2.45) is 0 Å². The monoisotopic (exact) mass is 548 g/mol. The van der Waals surface area contributed by atoms with Crippen molar-refractivity contribution < 1.29 is 21.9 Å². The number of nitrogens with one attached hydrogen (secondary N) is 1. The van der Waals surface area contributed by atoms with Gasteiger partial charge in [-0.15, -0.1) is 0 Å². The van der Waals surface area contributed by atoms with Gasteiger partial charge in [-0.25, -0.2) is 31.5 Å². The average molecular weight is 549 g/mol. The van der Waals surface area contributed by atoms with Gasteiger partial charge in [0.25, 0.3) is 10.0 Å². The number of fused-ring (bicyclic) bond motifs is 1. The number of sulfonamides is 1. The van der Waals surface area contributed by atoms with Crippen molar-refractivity contribution in [1.82, 2.24) is 19.3 Å². The second-order valence-corrected chi connectivity index (χ2v) is 10.6. The number of nitrogen functional groups attached to an aromatic ring is 1. The Morgan fingerprint density at radius 1 is 1.08 bits per heavy atom. The Bertz CT molecular complexity index is 1710. The summed E-state index contributed by atoms with van der Waals surface area (Å²) < 4.78 is 65.8. The molecule has 0 amide bonds. The molecular weight excluding hydrogens is 534 g/mol. The fraction of sp³-hybridized carbons (Fsp3) is 0.0455. The number of rotatable bonds is 6. The fourth-order valence-corrected chi connectivity index (χ4v) is 5.54. The van der Waals surface area contributed by atoms with Gasteiger partial charge >= 0.3 is 0 Å². The molecule has 0 radical (unpaired) electrons. The average Bonchev–Trinajstić information content (AvgIpc) is 3.50. The first-order chi connectivity index (χ1) is 17.1. The van der Waals surface area contributed by atoms with Crippen LogP contribution in [-0.2, 0) is 10.0 Å². The van der Waals surface area contributed by atoms with Crippen molar-refractivity contribution in [2.75, 3.05) is 17.1 Å². The Morgan fingerprint density at radius 3 is 2.64 bits per heavy atom. The van der Waals surface area contributed by atoms with Crippen molar-refractivity contribution in [3.05, 3.63) is 71.5 Å². The molecule has 5 rings (SSSR count). The smallest absolute Gasteiger partial charge is 0.268 e. The summed E-state index contributed by atoms with van der Waals surface area (Å²) in [6.07, 6.45) is 1.16. The highest BCUT2D eigenvalue weighted by Crippen LogP contribution is 2.38. The van der Waals surface area contributed by atoms with Crippen LogP contribution in [0.4, 0.5) is 19.9 Å². The summed E-state index contributed by atoms with van der Waals surface area (Å²) in [5.41, 5.74) is 8.11. The van der Waals surface area contributed by atoms with Gasteiger partial charge in [0, 0.05) is 41.3 Å². The normalized spacial score (nSPS) is 11.7. The van der Waals surface area contributed by atoms with Crippen molar-refractivity contribution in [2.45, 2.75) is 4.90 Å². The SMILES string of the molecule is CN(c1ncns1)S(=O)(=O)c1cc(F)c(Oc2ccc(Cl)cc2-c2ccc3[nH]c(N)nc3c2)cc1F. The van der Waals surface area contributed by atoms with E-state index in [4.69, 9.17) is 22.1 Å². The minimum atomic E-state index is -4.45. The van der Waals surface area contributed by atoms with E-state index in [2.05, 4.69) is 19.3 Å². The molecule has 0 aliphatic heterocycles. The first kappa shape index (κ1) is 23.9. The van der Waals surface area contributed by atoms with Crippen molar-refractivity contribution in [1.29, 1.82) is 0 Å². The van der Waals surface area contributed by atoms with E-state index in [0.717, 1.165) is 22.2 Å².